The Balaban J connectivity index is 2.19. The topological polar surface area (TPSA) is 73.6 Å². The highest BCUT2D eigenvalue weighted by molar-refractivity contribution is 5.51. The molecule has 2 rings (SSSR count). The van der Waals surface area contributed by atoms with Gasteiger partial charge in [-0.05, 0) is 25.1 Å². The summed E-state index contributed by atoms with van der Waals surface area (Å²) >= 11 is 0. The van der Waals surface area contributed by atoms with Crippen LogP contribution in [0.15, 0.2) is 42.5 Å². The Morgan fingerprint density at radius 1 is 1.23 bits per heavy atom. The second-order valence-electron chi connectivity index (χ2n) is 4.57. The average Bonchev–Trinajstić information content (AvgIpc) is 2.54. The summed E-state index contributed by atoms with van der Waals surface area (Å²) in [4.78, 5) is 10.5. The van der Waals surface area contributed by atoms with Crippen molar-refractivity contribution in [1.29, 1.82) is 0 Å². The van der Waals surface area contributed by atoms with Crippen LogP contribution in [0.25, 0.3) is 0 Å². The minimum Gasteiger partial charge on any atom is -0.497 e. The molecule has 0 amide bonds. The Kier molecular flexibility index (Phi) is 5.19. The Morgan fingerprint density at radius 2 is 2.05 bits per heavy atom. The van der Waals surface area contributed by atoms with Gasteiger partial charge in [0.15, 0.2) is 0 Å². The lowest BCUT2D eigenvalue weighted by Gasteiger charge is -2.12. The van der Waals surface area contributed by atoms with Crippen LogP contribution in [0, 0.1) is 10.1 Å². The zero-order valence-corrected chi connectivity index (χ0v) is 12.5. The van der Waals surface area contributed by atoms with Crippen molar-refractivity contribution >= 4 is 11.4 Å². The molecule has 0 aliphatic carbocycles. The van der Waals surface area contributed by atoms with Gasteiger partial charge in [-0.25, -0.2) is 0 Å². The lowest BCUT2D eigenvalue weighted by atomic mass is 10.1. The zero-order valence-electron chi connectivity index (χ0n) is 12.5. The van der Waals surface area contributed by atoms with Crippen LogP contribution in [-0.2, 0) is 6.54 Å². The van der Waals surface area contributed by atoms with E-state index in [0.717, 1.165) is 17.0 Å². The summed E-state index contributed by atoms with van der Waals surface area (Å²) in [5.74, 6) is 1.39. The van der Waals surface area contributed by atoms with Crippen LogP contribution < -0.4 is 14.8 Å². The van der Waals surface area contributed by atoms with Crippen molar-refractivity contribution < 1.29 is 14.4 Å². The second-order valence-corrected chi connectivity index (χ2v) is 4.57. The Bertz CT molecular complexity index is 658. The van der Waals surface area contributed by atoms with Crippen LogP contribution in [0.5, 0.6) is 11.5 Å². The Labute approximate surface area is 128 Å². The molecule has 0 bridgehead atoms. The molecule has 0 spiro atoms. The molecule has 0 atom stereocenters. The third kappa shape index (κ3) is 3.88. The first-order chi connectivity index (χ1) is 10.6. The quantitative estimate of drug-likeness (QED) is 0.624. The lowest BCUT2D eigenvalue weighted by molar-refractivity contribution is -0.384. The predicted octanol–water partition coefficient (Wildman–Crippen LogP) is 3.61. The molecule has 6 heteroatoms. The first-order valence-corrected chi connectivity index (χ1v) is 6.92. The number of nitro groups is 1. The highest BCUT2D eigenvalue weighted by atomic mass is 16.6. The van der Waals surface area contributed by atoms with Crippen molar-refractivity contribution in [3.8, 4) is 11.5 Å². The Morgan fingerprint density at radius 3 is 2.73 bits per heavy atom. The van der Waals surface area contributed by atoms with Gasteiger partial charge in [0.1, 0.15) is 11.5 Å². The van der Waals surface area contributed by atoms with Crippen molar-refractivity contribution in [3.63, 3.8) is 0 Å². The minimum absolute atomic E-state index is 0.0471. The van der Waals surface area contributed by atoms with E-state index < -0.39 is 4.92 Å². The molecule has 0 aromatic heterocycles. The first kappa shape index (κ1) is 15.6. The second kappa shape index (κ2) is 7.31. The maximum Gasteiger partial charge on any atom is 0.270 e. The molecule has 22 heavy (non-hydrogen) atoms. The summed E-state index contributed by atoms with van der Waals surface area (Å²) in [5, 5.41) is 14.1. The third-order valence-corrected chi connectivity index (χ3v) is 3.11. The minimum atomic E-state index is -0.412. The van der Waals surface area contributed by atoms with Gasteiger partial charge in [0.2, 0.25) is 0 Å². The van der Waals surface area contributed by atoms with E-state index in [0.29, 0.717) is 18.9 Å². The smallest absolute Gasteiger partial charge is 0.270 e. The van der Waals surface area contributed by atoms with Crippen LogP contribution in [-0.4, -0.2) is 18.6 Å². The number of rotatable bonds is 7. The maximum atomic E-state index is 10.9. The number of benzene rings is 2. The molecule has 0 radical (unpaired) electrons. The van der Waals surface area contributed by atoms with E-state index in [4.69, 9.17) is 9.47 Å². The molecular formula is C16H18N2O4. The molecule has 6 nitrogen and oxygen atoms in total. The molecule has 0 saturated carbocycles. The van der Waals surface area contributed by atoms with Crippen molar-refractivity contribution in [2.24, 2.45) is 0 Å². The van der Waals surface area contributed by atoms with Gasteiger partial charge >= 0.3 is 0 Å². The summed E-state index contributed by atoms with van der Waals surface area (Å²) in [5.41, 5.74) is 1.65. The molecule has 0 fully saturated rings. The van der Waals surface area contributed by atoms with E-state index in [9.17, 15) is 10.1 Å². The Hall–Kier alpha value is -2.76. The number of methoxy groups -OCH3 is 1. The van der Waals surface area contributed by atoms with Gasteiger partial charge in [0, 0.05) is 36.0 Å². The van der Waals surface area contributed by atoms with E-state index >= 15 is 0 Å². The molecule has 0 aliphatic rings. The lowest BCUT2D eigenvalue weighted by Crippen LogP contribution is -2.04. The molecule has 0 heterocycles. The van der Waals surface area contributed by atoms with E-state index in [1.165, 1.54) is 12.1 Å². The molecule has 1 N–H and O–H groups in total. The van der Waals surface area contributed by atoms with Gasteiger partial charge in [0.25, 0.3) is 5.69 Å². The van der Waals surface area contributed by atoms with E-state index in [1.807, 2.05) is 31.2 Å². The first-order valence-electron chi connectivity index (χ1n) is 6.92. The normalized spacial score (nSPS) is 10.1. The maximum absolute atomic E-state index is 10.9. The standard InChI is InChI=1S/C16H18N2O4/c1-3-22-16-8-7-14(18(19)20)9-12(16)11-17-13-5-4-6-15(10-13)21-2/h4-10,17H,3,11H2,1-2H3. The molecule has 2 aromatic rings. The van der Waals surface area contributed by atoms with Crippen LogP contribution in [0.3, 0.4) is 0 Å². The molecule has 0 aliphatic heterocycles. The highest BCUT2D eigenvalue weighted by Gasteiger charge is 2.11. The summed E-state index contributed by atoms with van der Waals surface area (Å²) in [7, 11) is 1.60. The van der Waals surface area contributed by atoms with E-state index in [-0.39, 0.29) is 5.69 Å². The van der Waals surface area contributed by atoms with Crippen molar-refractivity contribution in [2.75, 3.05) is 19.0 Å². The van der Waals surface area contributed by atoms with Gasteiger partial charge in [-0.3, -0.25) is 10.1 Å². The summed E-state index contributed by atoms with van der Waals surface area (Å²) < 4.78 is 10.7. The number of nitro benzene ring substituents is 1. The third-order valence-electron chi connectivity index (χ3n) is 3.11. The summed E-state index contributed by atoms with van der Waals surface area (Å²) in [6.45, 7) is 2.80. The number of non-ortho nitro benzene ring substituents is 1. The van der Waals surface area contributed by atoms with Crippen LogP contribution in [0.2, 0.25) is 0 Å². The van der Waals surface area contributed by atoms with Crippen LogP contribution in [0.1, 0.15) is 12.5 Å². The van der Waals surface area contributed by atoms with E-state index in [1.54, 1.807) is 13.2 Å². The highest BCUT2D eigenvalue weighted by Crippen LogP contribution is 2.26. The van der Waals surface area contributed by atoms with Crippen LogP contribution in [0.4, 0.5) is 11.4 Å². The summed E-state index contributed by atoms with van der Waals surface area (Å²) in [6, 6.07) is 12.1. The van der Waals surface area contributed by atoms with E-state index in [2.05, 4.69) is 5.32 Å². The monoisotopic (exact) mass is 302 g/mol. The fourth-order valence-corrected chi connectivity index (χ4v) is 2.04. The number of nitrogens with one attached hydrogen (secondary N) is 1. The molecule has 116 valence electrons. The van der Waals surface area contributed by atoms with Gasteiger partial charge in [-0.15, -0.1) is 0 Å². The molecule has 0 saturated heterocycles. The fourth-order valence-electron chi connectivity index (χ4n) is 2.04. The van der Waals surface area contributed by atoms with Gasteiger partial charge in [0.05, 0.1) is 18.6 Å². The number of nitrogens with zero attached hydrogens (tertiary/aromatic N) is 1. The van der Waals surface area contributed by atoms with Gasteiger partial charge in [-0.1, -0.05) is 6.07 Å². The molecular weight excluding hydrogens is 284 g/mol. The number of anilines is 1. The summed E-state index contributed by atoms with van der Waals surface area (Å²) in [6.07, 6.45) is 0. The predicted molar refractivity (Wildman–Crippen MR) is 84.6 cm³/mol. The SMILES string of the molecule is CCOc1ccc([N+](=O)[O-])cc1CNc1cccc(OC)c1. The number of hydrogen-bond acceptors (Lipinski definition) is 5. The fraction of sp³-hybridized carbons (Fsp3) is 0.250. The average molecular weight is 302 g/mol. The molecule has 0 unspecified atom stereocenters. The van der Waals surface area contributed by atoms with Crippen LogP contribution >= 0.6 is 0 Å². The van der Waals surface area contributed by atoms with Crippen molar-refractivity contribution in [3.05, 3.63) is 58.1 Å². The number of ether oxygens (including phenoxy) is 2. The van der Waals surface area contributed by atoms with Gasteiger partial charge < -0.3 is 14.8 Å². The molecule has 2 aromatic carbocycles. The van der Waals surface area contributed by atoms with Gasteiger partial charge in [-0.2, -0.15) is 0 Å². The zero-order chi connectivity index (χ0) is 15.9. The van der Waals surface area contributed by atoms with Crippen molar-refractivity contribution in [2.45, 2.75) is 13.5 Å². The van der Waals surface area contributed by atoms with Crippen molar-refractivity contribution in [1.82, 2.24) is 0 Å². The largest absolute Gasteiger partial charge is 0.497 e. The number of hydrogen-bond donors (Lipinski definition) is 1.